The molecule has 0 aliphatic carbocycles. The summed E-state index contributed by atoms with van der Waals surface area (Å²) in [6, 6.07) is 3.32. The van der Waals surface area contributed by atoms with E-state index in [1.165, 1.54) is 17.8 Å². The van der Waals surface area contributed by atoms with Crippen LogP contribution in [0, 0.1) is 6.92 Å². The molecular weight excluding hydrogens is 224 g/mol. The first-order valence-corrected chi connectivity index (χ1v) is 5.03. The van der Waals surface area contributed by atoms with E-state index in [2.05, 4.69) is 0 Å². The average Bonchev–Trinajstić information content (AvgIpc) is 2.23. The highest BCUT2D eigenvalue weighted by atomic mass is 16.4. The zero-order chi connectivity index (χ0) is 13.0. The molecule has 1 N–H and O–H groups in total. The summed E-state index contributed by atoms with van der Waals surface area (Å²) in [5.41, 5.74) is 0.297. The topological polar surface area (TPSA) is 79.6 Å². The van der Waals surface area contributed by atoms with Gasteiger partial charge in [0, 0.05) is 18.8 Å². The lowest BCUT2D eigenvalue weighted by Gasteiger charge is -2.15. The fourth-order valence-corrected chi connectivity index (χ4v) is 1.34. The Kier molecular flexibility index (Phi) is 4.03. The van der Waals surface area contributed by atoms with E-state index in [-0.39, 0.29) is 18.6 Å². The number of pyridine rings is 1. The van der Waals surface area contributed by atoms with Gasteiger partial charge in [-0.3, -0.25) is 14.4 Å². The first-order chi connectivity index (χ1) is 7.91. The van der Waals surface area contributed by atoms with Crippen LogP contribution in [-0.2, 0) is 16.1 Å². The Morgan fingerprint density at radius 2 is 2.12 bits per heavy atom. The Morgan fingerprint density at radius 3 is 2.71 bits per heavy atom. The number of rotatable bonds is 4. The van der Waals surface area contributed by atoms with E-state index in [0.717, 1.165) is 4.90 Å². The summed E-state index contributed by atoms with van der Waals surface area (Å²) in [7, 11) is 1.39. The highest BCUT2D eigenvalue weighted by Gasteiger charge is 2.13. The molecule has 1 rings (SSSR count). The first kappa shape index (κ1) is 13.0. The molecule has 0 spiro atoms. The van der Waals surface area contributed by atoms with Gasteiger partial charge in [0.1, 0.15) is 13.1 Å². The molecule has 0 saturated carbocycles. The number of carboxylic acid groups (broad SMARTS) is 1. The Hall–Kier alpha value is -2.11. The minimum atomic E-state index is -1.09. The van der Waals surface area contributed by atoms with Crippen molar-refractivity contribution in [3.8, 4) is 0 Å². The van der Waals surface area contributed by atoms with Crippen molar-refractivity contribution in [2.75, 3.05) is 13.6 Å². The number of aromatic nitrogens is 1. The van der Waals surface area contributed by atoms with Crippen molar-refractivity contribution in [1.82, 2.24) is 9.47 Å². The third kappa shape index (κ3) is 3.44. The second-order valence-electron chi connectivity index (χ2n) is 3.77. The fraction of sp³-hybridized carbons (Fsp3) is 0.364. The molecule has 0 fully saturated rings. The van der Waals surface area contributed by atoms with Gasteiger partial charge in [0.2, 0.25) is 5.91 Å². The van der Waals surface area contributed by atoms with Crippen LogP contribution in [0.25, 0.3) is 0 Å². The molecule has 0 saturated heterocycles. The quantitative estimate of drug-likeness (QED) is 0.781. The normalized spacial score (nSPS) is 10.0. The van der Waals surface area contributed by atoms with Crippen LogP contribution >= 0.6 is 0 Å². The zero-order valence-corrected chi connectivity index (χ0v) is 9.71. The van der Waals surface area contributed by atoms with Crippen molar-refractivity contribution < 1.29 is 14.7 Å². The predicted molar refractivity (Wildman–Crippen MR) is 60.7 cm³/mol. The first-order valence-electron chi connectivity index (χ1n) is 5.03. The smallest absolute Gasteiger partial charge is 0.323 e. The van der Waals surface area contributed by atoms with E-state index in [1.807, 2.05) is 0 Å². The molecule has 0 aromatic carbocycles. The average molecular weight is 238 g/mol. The second kappa shape index (κ2) is 5.29. The molecule has 1 aromatic rings. The largest absolute Gasteiger partial charge is 0.480 e. The molecule has 1 amide bonds. The Morgan fingerprint density at radius 1 is 1.47 bits per heavy atom. The summed E-state index contributed by atoms with van der Waals surface area (Å²) < 4.78 is 1.26. The summed E-state index contributed by atoms with van der Waals surface area (Å²) in [6.45, 7) is 1.13. The monoisotopic (exact) mass is 238 g/mol. The number of nitrogens with zero attached hydrogens (tertiary/aromatic N) is 2. The molecule has 0 bridgehead atoms. The summed E-state index contributed by atoms with van der Waals surface area (Å²) in [5, 5.41) is 8.54. The molecule has 0 unspecified atom stereocenters. The van der Waals surface area contributed by atoms with Gasteiger partial charge in [-0.25, -0.2) is 0 Å². The summed E-state index contributed by atoms with van der Waals surface area (Å²) in [4.78, 5) is 34.7. The maximum atomic E-state index is 11.6. The van der Waals surface area contributed by atoms with E-state index in [9.17, 15) is 14.4 Å². The van der Waals surface area contributed by atoms with Crippen molar-refractivity contribution in [3.05, 3.63) is 34.2 Å². The molecule has 1 heterocycles. The van der Waals surface area contributed by atoms with Crippen LogP contribution in [0.4, 0.5) is 0 Å². The molecule has 0 radical (unpaired) electrons. The van der Waals surface area contributed by atoms with Crippen molar-refractivity contribution in [1.29, 1.82) is 0 Å². The molecule has 1 aromatic heterocycles. The summed E-state index contributed by atoms with van der Waals surface area (Å²) >= 11 is 0. The molecule has 0 aliphatic heterocycles. The molecular formula is C11H14N2O4. The molecule has 0 atom stereocenters. The van der Waals surface area contributed by atoms with Crippen molar-refractivity contribution >= 4 is 11.9 Å². The van der Waals surface area contributed by atoms with Gasteiger partial charge < -0.3 is 14.6 Å². The van der Waals surface area contributed by atoms with Gasteiger partial charge in [0.15, 0.2) is 0 Å². The van der Waals surface area contributed by atoms with Gasteiger partial charge in [-0.2, -0.15) is 0 Å². The lowest BCUT2D eigenvalue weighted by molar-refractivity contribution is -0.143. The summed E-state index contributed by atoms with van der Waals surface area (Å²) in [5.74, 6) is -1.50. The number of aliphatic carboxylic acids is 1. The molecule has 0 aliphatic rings. The van der Waals surface area contributed by atoms with Crippen LogP contribution in [0.3, 0.4) is 0 Å². The third-order valence-corrected chi connectivity index (χ3v) is 2.31. The van der Waals surface area contributed by atoms with Gasteiger partial charge in [-0.1, -0.05) is 6.07 Å². The van der Waals surface area contributed by atoms with E-state index < -0.39 is 11.9 Å². The van der Waals surface area contributed by atoms with E-state index >= 15 is 0 Å². The van der Waals surface area contributed by atoms with E-state index in [1.54, 1.807) is 19.1 Å². The molecule has 6 nitrogen and oxygen atoms in total. The summed E-state index contributed by atoms with van der Waals surface area (Å²) in [6.07, 6.45) is 1.50. The predicted octanol–water partition coefficient (Wildman–Crippen LogP) is -0.300. The van der Waals surface area contributed by atoms with E-state index in [0.29, 0.717) is 5.56 Å². The second-order valence-corrected chi connectivity index (χ2v) is 3.77. The highest BCUT2D eigenvalue weighted by molar-refractivity contribution is 5.80. The Balaban J connectivity index is 2.78. The molecule has 92 valence electrons. The van der Waals surface area contributed by atoms with Crippen molar-refractivity contribution in [3.63, 3.8) is 0 Å². The Bertz CT molecular complexity index is 492. The number of carbonyl (C=O) groups is 2. The number of hydrogen-bond donors (Lipinski definition) is 1. The van der Waals surface area contributed by atoms with E-state index in [4.69, 9.17) is 5.11 Å². The SMILES string of the molecule is Cc1cccn(CC(=O)N(C)CC(=O)O)c1=O. The Labute approximate surface area is 98.1 Å². The minimum Gasteiger partial charge on any atom is -0.480 e. The molecule has 6 heteroatoms. The van der Waals surface area contributed by atoms with Crippen molar-refractivity contribution in [2.24, 2.45) is 0 Å². The third-order valence-electron chi connectivity index (χ3n) is 2.31. The van der Waals surface area contributed by atoms with Crippen LogP contribution in [-0.4, -0.2) is 40.0 Å². The number of aryl methyl sites for hydroxylation is 1. The van der Waals surface area contributed by atoms with Crippen molar-refractivity contribution in [2.45, 2.75) is 13.5 Å². The number of amides is 1. The van der Waals surface area contributed by atoms with Crippen LogP contribution in [0.1, 0.15) is 5.56 Å². The molecule has 17 heavy (non-hydrogen) atoms. The maximum absolute atomic E-state index is 11.6. The lowest BCUT2D eigenvalue weighted by Crippen LogP contribution is -2.37. The van der Waals surface area contributed by atoms with Gasteiger partial charge in [0.25, 0.3) is 5.56 Å². The van der Waals surface area contributed by atoms with Gasteiger partial charge in [-0.05, 0) is 13.0 Å². The highest BCUT2D eigenvalue weighted by Crippen LogP contribution is 1.92. The number of likely N-dealkylation sites (N-methyl/N-ethyl adjacent to an activating group) is 1. The lowest BCUT2D eigenvalue weighted by atomic mass is 10.3. The number of carbonyl (C=O) groups excluding carboxylic acids is 1. The number of hydrogen-bond acceptors (Lipinski definition) is 3. The maximum Gasteiger partial charge on any atom is 0.323 e. The van der Waals surface area contributed by atoms with Crippen LogP contribution in [0.2, 0.25) is 0 Å². The van der Waals surface area contributed by atoms with Crippen LogP contribution < -0.4 is 5.56 Å². The van der Waals surface area contributed by atoms with Crippen LogP contribution in [0.15, 0.2) is 23.1 Å². The number of carboxylic acids is 1. The standard InChI is InChI=1S/C11H14N2O4/c1-8-4-3-5-13(11(8)17)6-9(14)12(2)7-10(15)16/h3-5H,6-7H2,1-2H3,(H,15,16). The van der Waals surface area contributed by atoms with Gasteiger partial charge in [0.05, 0.1) is 0 Å². The zero-order valence-electron chi connectivity index (χ0n) is 9.71. The van der Waals surface area contributed by atoms with Gasteiger partial charge >= 0.3 is 5.97 Å². The minimum absolute atomic E-state index is 0.149. The van der Waals surface area contributed by atoms with Crippen LogP contribution in [0.5, 0.6) is 0 Å². The van der Waals surface area contributed by atoms with Gasteiger partial charge in [-0.15, -0.1) is 0 Å². The fourth-order valence-electron chi connectivity index (χ4n) is 1.34.